The molecule has 0 saturated heterocycles. The molecule has 0 saturated carbocycles. The Morgan fingerprint density at radius 2 is 2.00 bits per heavy atom. The number of benzene rings is 2. The number of halogens is 1. The van der Waals surface area contributed by atoms with Crippen LogP contribution < -0.4 is 11.1 Å². The minimum atomic E-state index is -0.407. The fraction of sp³-hybridized carbons (Fsp3) is 0.190. The first-order valence-electron chi connectivity index (χ1n) is 9.22. The smallest absolute Gasteiger partial charge is 0.408 e. The Kier molecular flexibility index (Phi) is 5.35. The van der Waals surface area contributed by atoms with Crippen LogP contribution in [-0.4, -0.2) is 20.3 Å². The zero-order chi connectivity index (χ0) is 20.4. The minimum Gasteiger partial charge on any atom is -0.408 e. The largest absolute Gasteiger partial charge is 0.419 e. The van der Waals surface area contributed by atoms with Crippen molar-refractivity contribution in [2.45, 2.75) is 26.3 Å². The lowest BCUT2D eigenvalue weighted by molar-refractivity contribution is -0.116. The molecule has 29 heavy (non-hydrogen) atoms. The third-order valence-electron chi connectivity index (χ3n) is 4.51. The van der Waals surface area contributed by atoms with Crippen LogP contribution in [0.25, 0.3) is 16.8 Å². The first-order chi connectivity index (χ1) is 14.0. The van der Waals surface area contributed by atoms with Gasteiger partial charge in [0.1, 0.15) is 5.82 Å². The molecule has 2 aromatic heterocycles. The van der Waals surface area contributed by atoms with E-state index in [-0.39, 0.29) is 12.3 Å². The number of carbonyl (C=O) groups excluding carboxylic acids is 1. The molecule has 0 radical (unpaired) electrons. The van der Waals surface area contributed by atoms with E-state index in [9.17, 15) is 9.59 Å². The lowest BCUT2D eigenvalue weighted by Crippen LogP contribution is -2.18. The number of nitrogens with zero attached hydrogens (tertiary/aromatic N) is 3. The number of hydrogen-bond acceptors (Lipinski definition) is 4. The van der Waals surface area contributed by atoms with Gasteiger partial charge in [-0.15, -0.1) is 0 Å². The molecular formula is C21H19BrN4O3. The summed E-state index contributed by atoms with van der Waals surface area (Å²) in [5, 5.41) is 7.38. The molecule has 0 aliphatic rings. The third kappa shape index (κ3) is 4.17. The summed E-state index contributed by atoms with van der Waals surface area (Å²) in [5.41, 5.74) is 2.94. The molecule has 0 fully saturated rings. The van der Waals surface area contributed by atoms with Gasteiger partial charge < -0.3 is 9.73 Å². The van der Waals surface area contributed by atoms with E-state index in [0.717, 1.165) is 21.4 Å². The Morgan fingerprint density at radius 1 is 1.17 bits per heavy atom. The zero-order valence-electron chi connectivity index (χ0n) is 15.8. The zero-order valence-corrected chi connectivity index (χ0v) is 17.3. The van der Waals surface area contributed by atoms with Crippen LogP contribution >= 0.6 is 15.9 Å². The summed E-state index contributed by atoms with van der Waals surface area (Å²) in [6.07, 6.45) is 0.786. The summed E-state index contributed by atoms with van der Waals surface area (Å²) in [7, 11) is 0. The predicted octanol–water partition coefficient (Wildman–Crippen LogP) is 4.27. The minimum absolute atomic E-state index is 0.137. The van der Waals surface area contributed by atoms with E-state index in [1.54, 1.807) is 15.3 Å². The Morgan fingerprint density at radius 3 is 2.83 bits per heavy atom. The van der Waals surface area contributed by atoms with E-state index in [4.69, 9.17) is 4.42 Å². The number of oxazole rings is 1. The van der Waals surface area contributed by atoms with Crippen LogP contribution in [0.5, 0.6) is 0 Å². The Balaban J connectivity index is 1.43. The maximum absolute atomic E-state index is 12.5. The first-order valence-corrected chi connectivity index (χ1v) is 10.0. The Hall–Kier alpha value is -3.13. The lowest BCUT2D eigenvalue weighted by atomic mass is 10.2. The summed E-state index contributed by atoms with van der Waals surface area (Å²) in [5.74, 6) is 0.0634. The molecule has 148 valence electrons. The average Bonchev–Trinajstić information content (AvgIpc) is 3.21. The molecule has 0 unspecified atom stereocenters. The number of rotatable bonds is 6. The molecule has 8 heteroatoms. The van der Waals surface area contributed by atoms with E-state index in [0.29, 0.717) is 24.4 Å². The fourth-order valence-electron chi connectivity index (χ4n) is 3.22. The summed E-state index contributed by atoms with van der Waals surface area (Å²) in [6, 6.07) is 16.8. The molecule has 7 nitrogen and oxygen atoms in total. The number of nitrogens with one attached hydrogen (secondary N) is 1. The van der Waals surface area contributed by atoms with Crippen LogP contribution in [-0.2, 0) is 11.3 Å². The molecular weight excluding hydrogens is 436 g/mol. The second kappa shape index (κ2) is 8.08. The van der Waals surface area contributed by atoms with Gasteiger partial charge in [0, 0.05) is 23.5 Å². The van der Waals surface area contributed by atoms with Crippen LogP contribution in [0.1, 0.15) is 18.5 Å². The molecule has 1 N–H and O–H groups in total. The Bertz CT molecular complexity index is 1240. The highest BCUT2D eigenvalue weighted by Gasteiger charge is 2.13. The molecule has 0 atom stereocenters. The fourth-order valence-corrected chi connectivity index (χ4v) is 3.61. The molecule has 1 amide bonds. The SMILES string of the molecule is Cc1cc(NC(=O)CCCn2c(=O)oc3ccccc32)n(-c2cccc(Br)c2)n1. The maximum atomic E-state index is 12.5. The van der Waals surface area contributed by atoms with Gasteiger partial charge >= 0.3 is 5.76 Å². The quantitative estimate of drug-likeness (QED) is 0.471. The summed E-state index contributed by atoms with van der Waals surface area (Å²) in [4.78, 5) is 24.5. The molecule has 2 heterocycles. The van der Waals surface area contributed by atoms with Gasteiger partial charge in [0.15, 0.2) is 5.58 Å². The summed E-state index contributed by atoms with van der Waals surface area (Å²) in [6.45, 7) is 2.29. The predicted molar refractivity (Wildman–Crippen MR) is 114 cm³/mol. The van der Waals surface area contributed by atoms with Gasteiger partial charge in [-0.05, 0) is 43.7 Å². The van der Waals surface area contributed by atoms with E-state index in [2.05, 4.69) is 26.3 Å². The lowest BCUT2D eigenvalue weighted by Gasteiger charge is -2.09. The number of carbonyl (C=O) groups is 1. The van der Waals surface area contributed by atoms with Crippen LogP contribution in [0.15, 0.2) is 68.3 Å². The number of fused-ring (bicyclic) bond motifs is 1. The average molecular weight is 455 g/mol. The van der Waals surface area contributed by atoms with Crippen LogP contribution in [0.3, 0.4) is 0 Å². The highest BCUT2D eigenvalue weighted by Crippen LogP contribution is 2.21. The number of aryl methyl sites for hydroxylation is 2. The van der Waals surface area contributed by atoms with Crippen molar-refractivity contribution in [2.24, 2.45) is 0 Å². The first kappa shape index (κ1) is 19.2. The number of hydrogen-bond donors (Lipinski definition) is 1. The van der Waals surface area contributed by atoms with Crippen molar-refractivity contribution in [1.29, 1.82) is 0 Å². The van der Waals surface area contributed by atoms with Crippen molar-refractivity contribution >= 4 is 38.8 Å². The number of amides is 1. The number of anilines is 1. The molecule has 4 rings (SSSR count). The molecule has 2 aromatic carbocycles. The second-order valence-electron chi connectivity index (χ2n) is 6.70. The topological polar surface area (TPSA) is 82.1 Å². The molecule has 0 spiro atoms. The van der Waals surface area contributed by atoms with Gasteiger partial charge in [-0.2, -0.15) is 5.10 Å². The van der Waals surface area contributed by atoms with Gasteiger partial charge in [-0.25, -0.2) is 9.48 Å². The van der Waals surface area contributed by atoms with Crippen molar-refractivity contribution < 1.29 is 9.21 Å². The van der Waals surface area contributed by atoms with Gasteiger partial charge in [-0.1, -0.05) is 34.1 Å². The van der Waals surface area contributed by atoms with Crippen molar-refractivity contribution in [2.75, 3.05) is 5.32 Å². The second-order valence-corrected chi connectivity index (χ2v) is 7.62. The molecule has 4 aromatic rings. The van der Waals surface area contributed by atoms with E-state index >= 15 is 0 Å². The number of para-hydroxylation sites is 2. The summed E-state index contributed by atoms with van der Waals surface area (Å²) >= 11 is 3.45. The standard InChI is InChI=1S/C21H19BrN4O3/c1-14-12-19(26(24-14)16-7-4-6-15(22)13-16)23-20(27)10-5-11-25-17-8-2-3-9-18(17)29-21(25)28/h2-4,6-9,12-13H,5,10-11H2,1H3,(H,23,27). The highest BCUT2D eigenvalue weighted by molar-refractivity contribution is 9.10. The van der Waals surface area contributed by atoms with Crippen molar-refractivity contribution in [3.8, 4) is 5.69 Å². The van der Waals surface area contributed by atoms with Crippen molar-refractivity contribution in [3.63, 3.8) is 0 Å². The van der Waals surface area contributed by atoms with E-state index < -0.39 is 5.76 Å². The van der Waals surface area contributed by atoms with Gasteiger partial charge in [0.2, 0.25) is 5.91 Å². The normalized spacial score (nSPS) is 11.1. The number of aromatic nitrogens is 3. The summed E-state index contributed by atoms with van der Waals surface area (Å²) < 4.78 is 9.40. The van der Waals surface area contributed by atoms with Crippen LogP contribution in [0, 0.1) is 6.92 Å². The molecule has 0 aliphatic carbocycles. The monoisotopic (exact) mass is 454 g/mol. The van der Waals surface area contributed by atoms with Gasteiger partial charge in [-0.3, -0.25) is 9.36 Å². The van der Waals surface area contributed by atoms with Crippen LogP contribution in [0.2, 0.25) is 0 Å². The molecule has 0 bridgehead atoms. The maximum Gasteiger partial charge on any atom is 0.419 e. The van der Waals surface area contributed by atoms with Gasteiger partial charge in [0.05, 0.1) is 16.9 Å². The van der Waals surface area contributed by atoms with E-state index in [1.165, 1.54) is 0 Å². The van der Waals surface area contributed by atoms with Gasteiger partial charge in [0.25, 0.3) is 0 Å². The van der Waals surface area contributed by atoms with Crippen molar-refractivity contribution in [3.05, 3.63) is 75.3 Å². The Labute approximate surface area is 175 Å². The molecule has 0 aliphatic heterocycles. The third-order valence-corrected chi connectivity index (χ3v) is 5.00. The van der Waals surface area contributed by atoms with Crippen LogP contribution in [0.4, 0.5) is 5.82 Å². The van der Waals surface area contributed by atoms with Crippen molar-refractivity contribution in [1.82, 2.24) is 14.3 Å². The highest BCUT2D eigenvalue weighted by atomic mass is 79.9. The van der Waals surface area contributed by atoms with E-state index in [1.807, 2.05) is 55.5 Å².